The van der Waals surface area contributed by atoms with E-state index in [2.05, 4.69) is 16.8 Å². The lowest BCUT2D eigenvalue weighted by molar-refractivity contribution is -0.125. The summed E-state index contributed by atoms with van der Waals surface area (Å²) in [4.78, 5) is 13.9. The molecule has 0 bridgehead atoms. The number of carbonyl (C=O) groups excluding carboxylic acids is 1. The van der Waals surface area contributed by atoms with Gasteiger partial charge in [0.15, 0.2) is 0 Å². The van der Waals surface area contributed by atoms with Gasteiger partial charge in [-0.3, -0.25) is 9.48 Å². The zero-order chi connectivity index (χ0) is 20.7. The Balaban J connectivity index is 1.99. The number of amides is 1. The third-order valence-corrected chi connectivity index (χ3v) is 4.57. The van der Waals surface area contributed by atoms with Crippen LogP contribution in [0.4, 0.5) is 8.78 Å². The number of halogens is 3. The molecule has 1 amide bonds. The molecule has 28 heavy (non-hydrogen) atoms. The first kappa shape index (κ1) is 21.9. The lowest BCUT2D eigenvalue weighted by Crippen LogP contribution is -2.24. The quantitative estimate of drug-likeness (QED) is 0.550. The van der Waals surface area contributed by atoms with Crippen LogP contribution in [-0.2, 0) is 17.9 Å². The van der Waals surface area contributed by atoms with Gasteiger partial charge in [-0.05, 0) is 37.1 Å². The van der Waals surface area contributed by atoms with Gasteiger partial charge in [-0.15, -0.1) is 0 Å². The highest BCUT2D eigenvalue weighted by atomic mass is 35.5. The maximum Gasteiger partial charge on any atom is 0.387 e. The predicted molar refractivity (Wildman–Crippen MR) is 105 cm³/mol. The molecule has 0 spiro atoms. The van der Waals surface area contributed by atoms with Gasteiger partial charge in [0.1, 0.15) is 10.9 Å². The SMILES string of the molecule is CCCCn1nc(C)c(/C=C/C(=O)N(C)Cc2ccc(OC(F)F)cc2)c1Cl. The number of nitrogens with zero attached hydrogens (tertiary/aromatic N) is 3. The highest BCUT2D eigenvalue weighted by Crippen LogP contribution is 2.22. The summed E-state index contributed by atoms with van der Waals surface area (Å²) >= 11 is 6.37. The average Bonchev–Trinajstić information content (AvgIpc) is 2.92. The third-order valence-electron chi connectivity index (χ3n) is 4.17. The Labute approximate surface area is 168 Å². The van der Waals surface area contributed by atoms with Gasteiger partial charge in [0, 0.05) is 31.8 Å². The first-order chi connectivity index (χ1) is 13.3. The number of hydrogen-bond acceptors (Lipinski definition) is 3. The number of likely N-dealkylation sites (N-methyl/N-ethyl adjacent to an activating group) is 1. The Morgan fingerprint density at radius 2 is 2.04 bits per heavy atom. The minimum absolute atomic E-state index is 0.0813. The van der Waals surface area contributed by atoms with E-state index < -0.39 is 6.61 Å². The van der Waals surface area contributed by atoms with Gasteiger partial charge in [-0.1, -0.05) is 37.1 Å². The molecule has 8 heteroatoms. The van der Waals surface area contributed by atoms with Crippen molar-refractivity contribution in [2.45, 2.75) is 46.4 Å². The van der Waals surface area contributed by atoms with E-state index in [0.717, 1.165) is 36.2 Å². The van der Waals surface area contributed by atoms with Crippen LogP contribution in [0.1, 0.15) is 36.6 Å². The van der Waals surface area contributed by atoms with Crippen molar-refractivity contribution in [2.75, 3.05) is 7.05 Å². The van der Waals surface area contributed by atoms with Gasteiger partial charge in [0.25, 0.3) is 0 Å². The topological polar surface area (TPSA) is 47.4 Å². The summed E-state index contributed by atoms with van der Waals surface area (Å²) in [7, 11) is 1.66. The second-order valence-electron chi connectivity index (χ2n) is 6.42. The molecular formula is C20H24ClF2N3O2. The molecule has 152 valence electrons. The minimum atomic E-state index is -2.86. The van der Waals surface area contributed by atoms with Gasteiger partial charge in [-0.25, -0.2) is 0 Å². The number of aryl methyl sites for hydroxylation is 2. The zero-order valence-electron chi connectivity index (χ0n) is 16.2. The van der Waals surface area contributed by atoms with Crippen molar-refractivity contribution in [3.63, 3.8) is 0 Å². The summed E-state index contributed by atoms with van der Waals surface area (Å²) in [6.45, 7) is 2.16. The molecule has 2 rings (SSSR count). The predicted octanol–water partition coefficient (Wildman–Crippen LogP) is 4.92. The Morgan fingerprint density at radius 1 is 1.36 bits per heavy atom. The lowest BCUT2D eigenvalue weighted by atomic mass is 10.2. The second-order valence-corrected chi connectivity index (χ2v) is 6.77. The number of benzene rings is 1. The molecule has 0 aliphatic rings. The fourth-order valence-corrected chi connectivity index (χ4v) is 2.94. The highest BCUT2D eigenvalue weighted by molar-refractivity contribution is 6.31. The maximum absolute atomic E-state index is 12.4. The summed E-state index contributed by atoms with van der Waals surface area (Å²) < 4.78 is 30.4. The van der Waals surface area contributed by atoms with E-state index in [1.54, 1.807) is 29.9 Å². The van der Waals surface area contributed by atoms with Crippen molar-refractivity contribution in [1.82, 2.24) is 14.7 Å². The van der Waals surface area contributed by atoms with Crippen LogP contribution in [0.15, 0.2) is 30.3 Å². The van der Waals surface area contributed by atoms with Crippen LogP contribution in [0, 0.1) is 6.92 Å². The van der Waals surface area contributed by atoms with E-state index in [9.17, 15) is 13.6 Å². The largest absolute Gasteiger partial charge is 0.435 e. The van der Waals surface area contributed by atoms with E-state index in [4.69, 9.17) is 11.6 Å². The summed E-state index contributed by atoms with van der Waals surface area (Å²) in [6, 6.07) is 6.18. The summed E-state index contributed by atoms with van der Waals surface area (Å²) in [5, 5.41) is 4.93. The van der Waals surface area contributed by atoms with E-state index in [-0.39, 0.29) is 11.7 Å². The Hall–Kier alpha value is -2.41. The summed E-state index contributed by atoms with van der Waals surface area (Å²) in [5.41, 5.74) is 2.29. The Kier molecular flexibility index (Phi) is 7.99. The molecule has 0 aliphatic carbocycles. The molecule has 5 nitrogen and oxygen atoms in total. The molecule has 0 aliphatic heterocycles. The van der Waals surface area contributed by atoms with Crippen molar-refractivity contribution in [1.29, 1.82) is 0 Å². The molecular weight excluding hydrogens is 388 g/mol. The van der Waals surface area contributed by atoms with E-state index in [1.807, 2.05) is 6.92 Å². The normalized spacial score (nSPS) is 11.4. The Bertz CT molecular complexity index is 820. The fourth-order valence-electron chi connectivity index (χ4n) is 2.62. The molecule has 0 saturated heterocycles. The van der Waals surface area contributed by atoms with Gasteiger partial charge in [-0.2, -0.15) is 13.9 Å². The van der Waals surface area contributed by atoms with Crippen LogP contribution in [0.25, 0.3) is 6.08 Å². The highest BCUT2D eigenvalue weighted by Gasteiger charge is 2.12. The second kappa shape index (κ2) is 10.2. The fraction of sp³-hybridized carbons (Fsp3) is 0.400. The van der Waals surface area contributed by atoms with Gasteiger partial charge in [0.2, 0.25) is 5.91 Å². The van der Waals surface area contributed by atoms with Crippen LogP contribution in [0.2, 0.25) is 5.15 Å². The lowest BCUT2D eigenvalue weighted by Gasteiger charge is -2.15. The minimum Gasteiger partial charge on any atom is -0.435 e. The number of carbonyl (C=O) groups is 1. The molecule has 0 N–H and O–H groups in total. The number of rotatable bonds is 9. The molecule has 1 aromatic heterocycles. The van der Waals surface area contributed by atoms with Crippen molar-refractivity contribution < 1.29 is 18.3 Å². The third kappa shape index (κ3) is 6.05. The Morgan fingerprint density at radius 3 is 2.64 bits per heavy atom. The number of alkyl halides is 2. The van der Waals surface area contributed by atoms with Crippen LogP contribution < -0.4 is 4.74 Å². The number of hydrogen-bond donors (Lipinski definition) is 0. The molecule has 1 aromatic carbocycles. The maximum atomic E-state index is 12.4. The van der Waals surface area contributed by atoms with Crippen molar-refractivity contribution in [3.05, 3.63) is 52.3 Å². The van der Waals surface area contributed by atoms with E-state index in [0.29, 0.717) is 11.7 Å². The number of aromatic nitrogens is 2. The van der Waals surface area contributed by atoms with Gasteiger partial charge in [0.05, 0.1) is 5.69 Å². The van der Waals surface area contributed by atoms with Crippen molar-refractivity contribution in [3.8, 4) is 5.75 Å². The van der Waals surface area contributed by atoms with Gasteiger partial charge >= 0.3 is 6.61 Å². The van der Waals surface area contributed by atoms with E-state index >= 15 is 0 Å². The molecule has 0 atom stereocenters. The monoisotopic (exact) mass is 411 g/mol. The van der Waals surface area contributed by atoms with Crippen molar-refractivity contribution >= 4 is 23.6 Å². The van der Waals surface area contributed by atoms with Crippen LogP contribution in [0.5, 0.6) is 5.75 Å². The summed E-state index contributed by atoms with van der Waals surface area (Å²) in [5.74, 6) is -0.123. The molecule has 0 radical (unpaired) electrons. The average molecular weight is 412 g/mol. The van der Waals surface area contributed by atoms with Crippen LogP contribution >= 0.6 is 11.6 Å². The molecule has 2 aromatic rings. The molecule has 0 fully saturated rings. The molecule has 0 unspecified atom stereocenters. The molecule has 1 heterocycles. The number of unbranched alkanes of at least 4 members (excludes halogenated alkanes) is 1. The van der Waals surface area contributed by atoms with Crippen LogP contribution in [-0.4, -0.2) is 34.2 Å². The van der Waals surface area contributed by atoms with Crippen molar-refractivity contribution in [2.24, 2.45) is 0 Å². The number of ether oxygens (including phenoxy) is 1. The first-order valence-electron chi connectivity index (χ1n) is 9.01. The summed E-state index contributed by atoms with van der Waals surface area (Å²) in [6.07, 6.45) is 5.14. The van der Waals surface area contributed by atoms with Gasteiger partial charge < -0.3 is 9.64 Å². The smallest absolute Gasteiger partial charge is 0.387 e. The zero-order valence-corrected chi connectivity index (χ0v) is 16.9. The molecule has 0 saturated carbocycles. The van der Waals surface area contributed by atoms with E-state index in [1.165, 1.54) is 23.1 Å². The van der Waals surface area contributed by atoms with Crippen LogP contribution in [0.3, 0.4) is 0 Å². The standard InChI is InChI=1S/C20H24ClF2N3O2/c1-4-5-12-26-19(21)17(14(2)24-26)10-11-18(27)25(3)13-15-6-8-16(9-7-15)28-20(22)23/h6-11,20H,4-5,12-13H2,1-3H3/b11-10+. The first-order valence-corrected chi connectivity index (χ1v) is 9.39.